The van der Waals surface area contributed by atoms with Gasteiger partial charge in [0.15, 0.2) is 5.82 Å². The normalized spacial score (nSPS) is 27.3. The number of halogens is 4. The summed E-state index contributed by atoms with van der Waals surface area (Å²) in [7, 11) is 0. The zero-order valence-corrected chi connectivity index (χ0v) is 16.0. The number of nitrogen functional groups attached to an aromatic ring is 1. The van der Waals surface area contributed by atoms with Crippen LogP contribution in [0.2, 0.25) is 5.02 Å². The lowest BCUT2D eigenvalue weighted by molar-refractivity contribution is -0.137. The number of hydrogen-bond donors (Lipinski definition) is 2. The molecule has 1 aliphatic heterocycles. The highest BCUT2D eigenvalue weighted by Gasteiger charge is 2.45. The molecule has 28 heavy (non-hydrogen) atoms. The van der Waals surface area contributed by atoms with Crippen molar-refractivity contribution in [2.75, 3.05) is 17.2 Å². The Bertz CT molecular complexity index is 904. The van der Waals surface area contributed by atoms with Crippen LogP contribution in [0.1, 0.15) is 25.3 Å². The molecule has 0 radical (unpaired) electrons. The smallest absolute Gasteiger partial charge is 0.382 e. The van der Waals surface area contributed by atoms with E-state index in [-0.39, 0.29) is 29.2 Å². The molecular formula is C19H21ClF3N5. The van der Waals surface area contributed by atoms with Crippen molar-refractivity contribution in [1.29, 1.82) is 0 Å². The van der Waals surface area contributed by atoms with Gasteiger partial charge < -0.3 is 16.4 Å². The number of aromatic nitrogens is 2. The number of fused-ring (bicyclic) bond motifs is 1. The van der Waals surface area contributed by atoms with Crippen molar-refractivity contribution in [3.05, 3.63) is 35.0 Å². The van der Waals surface area contributed by atoms with E-state index in [0.717, 1.165) is 25.5 Å². The zero-order chi connectivity index (χ0) is 20.2. The summed E-state index contributed by atoms with van der Waals surface area (Å²) >= 11 is 6.00. The van der Waals surface area contributed by atoms with Crippen LogP contribution in [0.4, 0.5) is 24.8 Å². The summed E-state index contributed by atoms with van der Waals surface area (Å²) in [6.07, 6.45) is -1.02. The van der Waals surface area contributed by atoms with Crippen molar-refractivity contribution in [2.45, 2.75) is 38.0 Å². The maximum atomic E-state index is 13.1. The van der Waals surface area contributed by atoms with Crippen molar-refractivity contribution < 1.29 is 13.2 Å². The summed E-state index contributed by atoms with van der Waals surface area (Å²) in [5, 5.41) is -0.429. The van der Waals surface area contributed by atoms with Gasteiger partial charge in [0.25, 0.3) is 0 Å². The maximum Gasteiger partial charge on any atom is 0.417 e. The number of alkyl halides is 3. The van der Waals surface area contributed by atoms with Crippen molar-refractivity contribution >= 4 is 23.2 Å². The summed E-state index contributed by atoms with van der Waals surface area (Å²) in [6.45, 7) is 2.97. The first kappa shape index (κ1) is 19.3. The quantitative estimate of drug-likeness (QED) is 0.781. The van der Waals surface area contributed by atoms with Gasteiger partial charge in [-0.15, -0.1) is 0 Å². The summed E-state index contributed by atoms with van der Waals surface area (Å²) in [5.74, 6) is 1.71. The SMILES string of the molecule is CC1[C@H]2C[C@H](N)C[C@H]2CN1c1cnc(-c2cccc(C(F)(F)F)c2Cl)c(N)n1. The molecular weight excluding hydrogens is 391 g/mol. The number of hydrogen-bond acceptors (Lipinski definition) is 5. The Morgan fingerprint density at radius 3 is 2.64 bits per heavy atom. The molecule has 1 aromatic carbocycles. The third-order valence-electron chi connectivity index (χ3n) is 5.97. The monoisotopic (exact) mass is 411 g/mol. The fraction of sp³-hybridized carbons (Fsp3) is 0.474. The van der Waals surface area contributed by atoms with Gasteiger partial charge in [-0.3, -0.25) is 0 Å². The molecule has 2 aliphatic rings. The van der Waals surface area contributed by atoms with E-state index in [9.17, 15) is 13.2 Å². The summed E-state index contributed by atoms with van der Waals surface area (Å²) in [4.78, 5) is 10.9. The molecule has 0 amide bonds. The molecule has 1 saturated carbocycles. The van der Waals surface area contributed by atoms with Crippen LogP contribution < -0.4 is 16.4 Å². The molecule has 4 rings (SSSR count). The van der Waals surface area contributed by atoms with E-state index in [2.05, 4.69) is 21.8 Å². The fourth-order valence-corrected chi connectivity index (χ4v) is 4.95. The number of anilines is 2. The van der Waals surface area contributed by atoms with Crippen molar-refractivity contribution in [3.63, 3.8) is 0 Å². The Kier molecular flexibility index (Phi) is 4.66. The minimum atomic E-state index is -4.56. The Morgan fingerprint density at radius 1 is 1.25 bits per heavy atom. The lowest BCUT2D eigenvalue weighted by Crippen LogP contribution is -2.33. The van der Waals surface area contributed by atoms with Gasteiger partial charge in [0, 0.05) is 24.2 Å². The molecule has 2 fully saturated rings. The Morgan fingerprint density at radius 2 is 2.00 bits per heavy atom. The van der Waals surface area contributed by atoms with Crippen LogP contribution in [-0.2, 0) is 6.18 Å². The molecule has 150 valence electrons. The van der Waals surface area contributed by atoms with Crippen molar-refractivity contribution in [1.82, 2.24) is 9.97 Å². The van der Waals surface area contributed by atoms with E-state index >= 15 is 0 Å². The second-order valence-corrected chi connectivity index (χ2v) is 8.05. The van der Waals surface area contributed by atoms with Crippen LogP contribution in [0.5, 0.6) is 0 Å². The second kappa shape index (κ2) is 6.77. The average Bonchev–Trinajstić information content (AvgIpc) is 3.12. The highest BCUT2D eigenvalue weighted by atomic mass is 35.5. The molecule has 9 heteroatoms. The van der Waals surface area contributed by atoms with Gasteiger partial charge in [0.2, 0.25) is 0 Å². The van der Waals surface area contributed by atoms with Gasteiger partial charge in [-0.25, -0.2) is 9.97 Å². The lowest BCUT2D eigenvalue weighted by Gasteiger charge is -2.26. The molecule has 5 nitrogen and oxygen atoms in total. The Hall–Kier alpha value is -2.06. The third kappa shape index (κ3) is 3.18. The van der Waals surface area contributed by atoms with E-state index in [4.69, 9.17) is 23.1 Å². The summed E-state index contributed by atoms with van der Waals surface area (Å²) < 4.78 is 39.4. The van der Waals surface area contributed by atoms with Gasteiger partial charge in [-0.05, 0) is 37.7 Å². The van der Waals surface area contributed by atoms with Gasteiger partial charge >= 0.3 is 6.18 Å². The minimum absolute atomic E-state index is 0.0553. The van der Waals surface area contributed by atoms with Crippen LogP contribution in [0.3, 0.4) is 0 Å². The van der Waals surface area contributed by atoms with E-state index in [1.54, 1.807) is 6.20 Å². The van der Waals surface area contributed by atoms with Crippen LogP contribution in [0, 0.1) is 11.8 Å². The second-order valence-electron chi connectivity index (χ2n) is 7.68. The van der Waals surface area contributed by atoms with Crippen molar-refractivity contribution in [3.8, 4) is 11.3 Å². The van der Waals surface area contributed by atoms with Gasteiger partial charge in [0.05, 0.1) is 16.8 Å². The largest absolute Gasteiger partial charge is 0.417 e. The topological polar surface area (TPSA) is 81.1 Å². The number of rotatable bonds is 2. The van der Waals surface area contributed by atoms with E-state index in [1.807, 2.05) is 0 Å². The maximum absolute atomic E-state index is 13.1. The first-order chi connectivity index (χ1) is 13.2. The number of benzene rings is 1. The van der Waals surface area contributed by atoms with E-state index in [1.165, 1.54) is 12.1 Å². The number of nitrogens with zero attached hydrogens (tertiary/aromatic N) is 3. The molecule has 1 unspecified atom stereocenters. The summed E-state index contributed by atoms with van der Waals surface area (Å²) in [6, 6.07) is 4.18. The van der Waals surface area contributed by atoms with Gasteiger partial charge in [-0.1, -0.05) is 23.7 Å². The standard InChI is InChI=1S/C19H21ClF3N5/c1-9-13-6-11(24)5-10(13)8-28(9)15-7-26-17(18(25)27-15)12-3-2-4-14(16(12)20)19(21,22)23/h2-4,7,9-11,13H,5-6,8,24H2,1H3,(H2,25,27)/t9?,10-,11+,13+/m0/s1. The molecule has 1 aliphatic carbocycles. The van der Waals surface area contributed by atoms with E-state index in [0.29, 0.717) is 17.7 Å². The molecule has 2 aromatic rings. The Labute approximate surface area is 165 Å². The Balaban J connectivity index is 1.65. The molecule has 0 bridgehead atoms. The van der Waals surface area contributed by atoms with Gasteiger partial charge in [0.1, 0.15) is 11.5 Å². The van der Waals surface area contributed by atoms with Crippen LogP contribution in [0.15, 0.2) is 24.4 Å². The fourth-order valence-electron chi connectivity index (χ4n) is 4.63. The highest BCUT2D eigenvalue weighted by Crippen LogP contribution is 2.44. The predicted octanol–water partition coefficient (Wildman–Crippen LogP) is 3.96. The van der Waals surface area contributed by atoms with E-state index < -0.39 is 16.8 Å². The van der Waals surface area contributed by atoms with Gasteiger partial charge in [-0.2, -0.15) is 13.2 Å². The molecule has 2 heterocycles. The molecule has 1 saturated heterocycles. The summed E-state index contributed by atoms with van der Waals surface area (Å²) in [5.41, 5.74) is 11.5. The molecule has 4 atom stereocenters. The lowest BCUT2D eigenvalue weighted by atomic mass is 9.95. The van der Waals surface area contributed by atoms with Crippen LogP contribution in [0.25, 0.3) is 11.3 Å². The highest BCUT2D eigenvalue weighted by molar-refractivity contribution is 6.34. The molecule has 1 aromatic heterocycles. The van der Waals surface area contributed by atoms with Crippen LogP contribution in [-0.4, -0.2) is 28.6 Å². The predicted molar refractivity (Wildman–Crippen MR) is 103 cm³/mol. The van der Waals surface area contributed by atoms with Crippen molar-refractivity contribution in [2.24, 2.45) is 17.6 Å². The third-order valence-corrected chi connectivity index (χ3v) is 6.38. The first-order valence-electron chi connectivity index (χ1n) is 9.17. The number of nitrogens with two attached hydrogens (primary N) is 2. The molecule has 0 spiro atoms. The minimum Gasteiger partial charge on any atom is -0.382 e. The molecule has 4 N–H and O–H groups in total. The zero-order valence-electron chi connectivity index (χ0n) is 15.2. The van der Waals surface area contributed by atoms with Crippen LogP contribution >= 0.6 is 11.6 Å². The first-order valence-corrected chi connectivity index (χ1v) is 9.55. The average molecular weight is 412 g/mol.